The summed E-state index contributed by atoms with van der Waals surface area (Å²) >= 11 is 1.82. The van der Waals surface area contributed by atoms with Crippen molar-refractivity contribution in [2.24, 2.45) is 10.4 Å². The molecule has 8 heteroatoms. The van der Waals surface area contributed by atoms with Gasteiger partial charge in [-0.2, -0.15) is 0 Å². The van der Waals surface area contributed by atoms with Crippen molar-refractivity contribution in [3.8, 4) is 0 Å². The zero-order valence-corrected chi connectivity index (χ0v) is 19.4. The Hall–Kier alpha value is -1.64. The van der Waals surface area contributed by atoms with E-state index in [1.807, 2.05) is 11.8 Å². The molecule has 0 saturated carbocycles. The smallest absolute Gasteiger partial charge is 0.226 e. The van der Waals surface area contributed by atoms with Gasteiger partial charge in [0.05, 0.1) is 29.5 Å². The fourth-order valence-corrected chi connectivity index (χ4v) is 5.86. The first-order chi connectivity index (χ1) is 14.4. The number of fused-ring (bicyclic) bond motifs is 2. The summed E-state index contributed by atoms with van der Waals surface area (Å²) in [6.07, 6.45) is 2.12. The van der Waals surface area contributed by atoms with Crippen molar-refractivity contribution in [1.82, 2.24) is 19.8 Å². The Kier molecular flexibility index (Phi) is 5.27. The molecule has 1 aromatic rings. The molecule has 7 nitrogen and oxygen atoms in total. The molecule has 0 radical (unpaired) electrons. The highest BCUT2D eigenvalue weighted by Gasteiger charge is 2.38. The van der Waals surface area contributed by atoms with Gasteiger partial charge in [0.25, 0.3) is 0 Å². The third-order valence-corrected chi connectivity index (χ3v) is 7.61. The van der Waals surface area contributed by atoms with Gasteiger partial charge in [-0.25, -0.2) is 15.0 Å². The molecule has 0 spiro atoms. The molecule has 4 heterocycles. The molecule has 2 saturated heterocycles. The van der Waals surface area contributed by atoms with Crippen molar-refractivity contribution in [3.05, 3.63) is 16.3 Å². The van der Waals surface area contributed by atoms with Crippen LogP contribution in [0.2, 0.25) is 0 Å². The molecule has 0 atom stereocenters. The van der Waals surface area contributed by atoms with E-state index in [4.69, 9.17) is 19.7 Å². The molecule has 0 bridgehead atoms. The summed E-state index contributed by atoms with van der Waals surface area (Å²) in [7, 11) is 2.21. The molecule has 2 fully saturated rings. The van der Waals surface area contributed by atoms with Crippen LogP contribution >= 0.6 is 11.8 Å². The van der Waals surface area contributed by atoms with E-state index in [9.17, 15) is 0 Å². The van der Waals surface area contributed by atoms with Gasteiger partial charge in [-0.05, 0) is 32.2 Å². The molecule has 3 aliphatic heterocycles. The summed E-state index contributed by atoms with van der Waals surface area (Å²) in [5, 5.41) is 1.01. The van der Waals surface area contributed by atoms with Crippen LogP contribution in [0.4, 0.5) is 11.6 Å². The van der Waals surface area contributed by atoms with Crippen LogP contribution in [0.3, 0.4) is 0 Å². The minimum absolute atomic E-state index is 0.224. The highest BCUT2D eigenvalue weighted by molar-refractivity contribution is 8.04. The van der Waals surface area contributed by atoms with E-state index in [0.29, 0.717) is 0 Å². The van der Waals surface area contributed by atoms with Gasteiger partial charge in [-0.1, -0.05) is 25.6 Å². The third-order valence-electron chi connectivity index (χ3n) is 6.46. The average molecular weight is 429 g/mol. The quantitative estimate of drug-likeness (QED) is 0.671. The number of nitrogens with zero attached hydrogens (tertiary/aromatic N) is 6. The number of rotatable bonds is 2. The van der Waals surface area contributed by atoms with Crippen molar-refractivity contribution >= 4 is 29.1 Å². The monoisotopic (exact) mass is 428 g/mol. The van der Waals surface area contributed by atoms with Crippen LogP contribution in [-0.2, 0) is 4.74 Å². The maximum atomic E-state index is 5.50. The number of aliphatic imine (C=N–C) groups is 1. The Morgan fingerprint density at radius 2 is 1.67 bits per heavy atom. The highest BCUT2D eigenvalue weighted by Crippen LogP contribution is 2.50. The van der Waals surface area contributed by atoms with Gasteiger partial charge in [0, 0.05) is 45.0 Å². The van der Waals surface area contributed by atoms with Crippen molar-refractivity contribution in [2.75, 3.05) is 64.4 Å². The second kappa shape index (κ2) is 7.80. The van der Waals surface area contributed by atoms with E-state index < -0.39 is 0 Å². The maximum Gasteiger partial charge on any atom is 0.226 e. The molecule has 5 rings (SSSR count). The van der Waals surface area contributed by atoms with Gasteiger partial charge in [0.15, 0.2) is 0 Å². The molecular formula is C22H32N6OS. The zero-order chi connectivity index (χ0) is 20.9. The molecule has 0 amide bonds. The number of aryl methyl sites for hydroxylation is 1. The predicted octanol–water partition coefficient (Wildman–Crippen LogP) is 3.08. The zero-order valence-electron chi connectivity index (χ0n) is 18.6. The lowest BCUT2D eigenvalue weighted by atomic mass is 9.77. The minimum atomic E-state index is 0.224. The van der Waals surface area contributed by atoms with Crippen LogP contribution in [-0.4, -0.2) is 85.0 Å². The largest absolute Gasteiger partial charge is 0.378 e. The summed E-state index contributed by atoms with van der Waals surface area (Å²) in [5.74, 6) is 0.818. The topological polar surface area (TPSA) is 57.1 Å². The van der Waals surface area contributed by atoms with Crippen molar-refractivity contribution in [1.29, 1.82) is 0 Å². The Morgan fingerprint density at radius 1 is 0.933 bits per heavy atom. The lowest BCUT2D eigenvalue weighted by molar-refractivity contribution is 0.122. The van der Waals surface area contributed by atoms with Gasteiger partial charge in [-0.15, -0.1) is 0 Å². The summed E-state index contributed by atoms with van der Waals surface area (Å²) in [4.78, 5) is 23.5. The number of hydrogen-bond donors (Lipinski definition) is 0. The van der Waals surface area contributed by atoms with Crippen LogP contribution in [0.5, 0.6) is 0 Å². The second-order valence-corrected chi connectivity index (χ2v) is 10.6. The van der Waals surface area contributed by atoms with E-state index >= 15 is 0 Å². The van der Waals surface area contributed by atoms with Crippen LogP contribution in [0.15, 0.2) is 20.6 Å². The number of aromatic nitrogens is 2. The predicted molar refractivity (Wildman–Crippen MR) is 122 cm³/mol. The lowest BCUT2D eigenvalue weighted by Crippen LogP contribution is -2.46. The molecule has 4 aliphatic rings. The first-order valence-corrected chi connectivity index (χ1v) is 11.8. The van der Waals surface area contributed by atoms with E-state index in [2.05, 4.69) is 42.5 Å². The molecule has 0 N–H and O–H groups in total. The molecule has 0 unspecified atom stereocenters. The van der Waals surface area contributed by atoms with Crippen LogP contribution in [0.1, 0.15) is 32.4 Å². The first-order valence-electron chi connectivity index (χ1n) is 11.0. The summed E-state index contributed by atoms with van der Waals surface area (Å²) in [5.41, 5.74) is 4.86. The third kappa shape index (κ3) is 3.85. The number of anilines is 1. The van der Waals surface area contributed by atoms with Crippen LogP contribution in [0, 0.1) is 12.3 Å². The molecular weight excluding hydrogens is 396 g/mol. The van der Waals surface area contributed by atoms with Gasteiger partial charge in [0.1, 0.15) is 10.7 Å². The fraction of sp³-hybridized carbons (Fsp3) is 0.682. The fourth-order valence-electron chi connectivity index (χ4n) is 4.70. The van der Waals surface area contributed by atoms with Gasteiger partial charge < -0.3 is 19.4 Å². The summed E-state index contributed by atoms with van der Waals surface area (Å²) in [6, 6.07) is 0. The van der Waals surface area contributed by atoms with Crippen molar-refractivity contribution < 1.29 is 4.74 Å². The number of allylic oxidation sites excluding steroid dienone is 2. The summed E-state index contributed by atoms with van der Waals surface area (Å²) < 4.78 is 5.50. The van der Waals surface area contributed by atoms with E-state index in [0.717, 1.165) is 87.7 Å². The summed E-state index contributed by atoms with van der Waals surface area (Å²) in [6.45, 7) is 14.4. The van der Waals surface area contributed by atoms with Crippen molar-refractivity contribution in [3.63, 3.8) is 0 Å². The second-order valence-electron chi connectivity index (χ2n) is 9.61. The molecule has 162 valence electrons. The average Bonchev–Trinajstić information content (AvgIpc) is 2.73. The van der Waals surface area contributed by atoms with Gasteiger partial charge in [-0.3, -0.25) is 0 Å². The van der Waals surface area contributed by atoms with Crippen LogP contribution in [0.25, 0.3) is 0 Å². The minimum Gasteiger partial charge on any atom is -0.378 e. The van der Waals surface area contributed by atoms with Gasteiger partial charge >= 0.3 is 0 Å². The van der Waals surface area contributed by atoms with Crippen LogP contribution < -0.4 is 4.90 Å². The van der Waals surface area contributed by atoms with Gasteiger partial charge in [0.2, 0.25) is 5.95 Å². The number of ether oxygens (including phenoxy) is 1. The highest BCUT2D eigenvalue weighted by atomic mass is 32.2. The normalized spacial score (nSPS) is 24.5. The Morgan fingerprint density at radius 3 is 2.40 bits per heavy atom. The molecule has 1 aromatic heterocycles. The van der Waals surface area contributed by atoms with E-state index in [1.165, 1.54) is 16.3 Å². The first kappa shape index (κ1) is 20.3. The Balaban J connectivity index is 1.53. The number of hydrogen-bond acceptors (Lipinski definition) is 8. The van der Waals surface area contributed by atoms with Crippen molar-refractivity contribution in [2.45, 2.75) is 38.6 Å². The van der Waals surface area contributed by atoms with E-state index in [-0.39, 0.29) is 5.41 Å². The molecule has 1 aliphatic carbocycles. The lowest BCUT2D eigenvalue weighted by Gasteiger charge is -2.43. The number of morpholine rings is 1. The Bertz CT molecular complexity index is 897. The number of piperazine rings is 1. The molecule has 0 aromatic carbocycles. The Labute approximate surface area is 183 Å². The molecule has 30 heavy (non-hydrogen) atoms. The maximum absolute atomic E-state index is 5.50. The number of likely N-dealkylation sites (N-methyl/N-ethyl adjacent to an activating group) is 1. The standard InChI is InChI=1S/C22H32N6OS/c1-15-18-20(25-21(23-15)28-9-11-29-12-10-28)30-19-16(24-18)13-22(2,3)14-17(19)27-7-5-26(4)6-8-27/h5-14H2,1-4H3. The SMILES string of the molecule is Cc1nc(N2CCOCC2)nc2c1N=C1CC(C)(C)CC(N3CCN(C)CC3)=C1S2. The number of thioether (sulfide) groups is 1. The van der Waals surface area contributed by atoms with E-state index in [1.54, 1.807) is 0 Å².